The van der Waals surface area contributed by atoms with E-state index in [0.29, 0.717) is 6.61 Å². The number of rotatable bonds is 3. The van der Waals surface area contributed by atoms with Gasteiger partial charge in [0.2, 0.25) is 5.91 Å². The fourth-order valence-electron chi connectivity index (χ4n) is 4.81. The first-order chi connectivity index (χ1) is 12.1. The quantitative estimate of drug-likeness (QED) is 0.872. The van der Waals surface area contributed by atoms with Crippen LogP contribution in [0.5, 0.6) is 0 Å². The van der Waals surface area contributed by atoms with Gasteiger partial charge in [-0.1, -0.05) is 24.3 Å². The molecule has 1 saturated heterocycles. The van der Waals surface area contributed by atoms with Crippen molar-refractivity contribution in [3.63, 3.8) is 0 Å². The van der Waals surface area contributed by atoms with Crippen molar-refractivity contribution in [1.29, 1.82) is 0 Å². The monoisotopic (exact) mass is 344 g/mol. The van der Waals surface area contributed by atoms with E-state index < -0.39 is 0 Å². The third kappa shape index (κ3) is 2.88. The van der Waals surface area contributed by atoms with Gasteiger partial charge in [0, 0.05) is 38.1 Å². The number of carbonyl (C=O) groups excluding carboxylic acids is 1. The summed E-state index contributed by atoms with van der Waals surface area (Å²) in [5.41, 5.74) is 2.44. The zero-order valence-electron chi connectivity index (χ0n) is 14.9. The molecule has 0 bridgehead atoms. The molecule has 0 aromatic heterocycles. The molecular formula is C20H28N2O3. The van der Waals surface area contributed by atoms with Crippen LogP contribution in [0.1, 0.15) is 37.3 Å². The van der Waals surface area contributed by atoms with E-state index >= 15 is 0 Å². The van der Waals surface area contributed by atoms with Crippen LogP contribution in [-0.4, -0.2) is 53.9 Å². The Kier molecular flexibility index (Phi) is 4.56. The van der Waals surface area contributed by atoms with E-state index in [2.05, 4.69) is 17.4 Å². The van der Waals surface area contributed by atoms with Crippen molar-refractivity contribution in [2.24, 2.45) is 5.41 Å². The van der Waals surface area contributed by atoms with Crippen LogP contribution in [0, 0.1) is 5.41 Å². The standard InChI is InChI=1S/C20H28N2O3/c1-2-25-18-12-17(23)20(18)7-9-22(10-8-20)19(24)16-11-14-5-3-4-6-15(14)13-21-16/h3-6,16-18,21,23H,2,7-13H2,1H3. The molecule has 2 aliphatic heterocycles. The largest absolute Gasteiger partial charge is 0.392 e. The summed E-state index contributed by atoms with van der Waals surface area (Å²) in [6.45, 7) is 4.89. The van der Waals surface area contributed by atoms with E-state index in [1.807, 2.05) is 24.0 Å². The summed E-state index contributed by atoms with van der Waals surface area (Å²) in [5.74, 6) is 0.200. The van der Waals surface area contributed by atoms with E-state index in [1.54, 1.807) is 0 Å². The number of ether oxygens (including phenoxy) is 1. The second kappa shape index (κ2) is 6.71. The number of aliphatic hydroxyl groups is 1. The smallest absolute Gasteiger partial charge is 0.240 e. The first-order valence-corrected chi connectivity index (χ1v) is 9.52. The van der Waals surface area contributed by atoms with Crippen molar-refractivity contribution in [3.05, 3.63) is 35.4 Å². The van der Waals surface area contributed by atoms with Crippen LogP contribution >= 0.6 is 0 Å². The fraction of sp³-hybridized carbons (Fsp3) is 0.650. The van der Waals surface area contributed by atoms with Crippen LogP contribution < -0.4 is 5.32 Å². The highest BCUT2D eigenvalue weighted by molar-refractivity contribution is 5.82. The van der Waals surface area contributed by atoms with Gasteiger partial charge in [0.25, 0.3) is 0 Å². The first kappa shape index (κ1) is 17.0. The van der Waals surface area contributed by atoms with Gasteiger partial charge >= 0.3 is 0 Å². The lowest BCUT2D eigenvalue weighted by molar-refractivity contribution is -0.210. The Morgan fingerprint density at radius 1 is 1.32 bits per heavy atom. The highest BCUT2D eigenvalue weighted by Gasteiger charge is 2.56. The molecule has 2 N–H and O–H groups in total. The second-order valence-electron chi connectivity index (χ2n) is 7.66. The summed E-state index contributed by atoms with van der Waals surface area (Å²) < 4.78 is 5.82. The molecule has 2 fully saturated rings. The Morgan fingerprint density at radius 2 is 2.04 bits per heavy atom. The average molecular weight is 344 g/mol. The van der Waals surface area contributed by atoms with Crippen molar-refractivity contribution in [2.45, 2.75) is 57.4 Å². The Balaban J connectivity index is 1.37. The van der Waals surface area contributed by atoms with Gasteiger partial charge in [-0.15, -0.1) is 0 Å². The summed E-state index contributed by atoms with van der Waals surface area (Å²) in [7, 11) is 0. The molecule has 1 spiro atoms. The van der Waals surface area contributed by atoms with Gasteiger partial charge in [-0.05, 0) is 37.3 Å². The van der Waals surface area contributed by atoms with Crippen LogP contribution in [-0.2, 0) is 22.5 Å². The number of carbonyl (C=O) groups is 1. The highest BCUT2D eigenvalue weighted by atomic mass is 16.5. The molecule has 5 nitrogen and oxygen atoms in total. The van der Waals surface area contributed by atoms with Crippen LogP contribution in [0.15, 0.2) is 24.3 Å². The van der Waals surface area contributed by atoms with Crippen LogP contribution in [0.3, 0.4) is 0 Å². The van der Waals surface area contributed by atoms with E-state index in [9.17, 15) is 9.90 Å². The van der Waals surface area contributed by atoms with E-state index in [4.69, 9.17) is 4.74 Å². The van der Waals surface area contributed by atoms with Crippen LogP contribution in [0.25, 0.3) is 0 Å². The number of piperidine rings is 1. The first-order valence-electron chi connectivity index (χ1n) is 9.52. The number of aliphatic hydroxyl groups excluding tert-OH is 1. The highest BCUT2D eigenvalue weighted by Crippen LogP contribution is 2.51. The molecule has 0 radical (unpaired) electrons. The summed E-state index contributed by atoms with van der Waals surface area (Å²) in [4.78, 5) is 14.9. The van der Waals surface area contributed by atoms with Crippen molar-refractivity contribution >= 4 is 5.91 Å². The lowest BCUT2D eigenvalue weighted by Gasteiger charge is -2.56. The van der Waals surface area contributed by atoms with Crippen molar-refractivity contribution in [1.82, 2.24) is 10.2 Å². The van der Waals surface area contributed by atoms with Gasteiger partial charge in [0.15, 0.2) is 0 Å². The summed E-state index contributed by atoms with van der Waals surface area (Å²) in [6, 6.07) is 8.21. The number of fused-ring (bicyclic) bond motifs is 1. The number of hydrogen-bond acceptors (Lipinski definition) is 4. The topological polar surface area (TPSA) is 61.8 Å². The summed E-state index contributed by atoms with van der Waals surface area (Å²) >= 11 is 0. The maximum absolute atomic E-state index is 12.9. The molecule has 1 saturated carbocycles. The third-order valence-electron chi connectivity index (χ3n) is 6.50. The van der Waals surface area contributed by atoms with Gasteiger partial charge in [0.1, 0.15) is 0 Å². The predicted molar refractivity (Wildman–Crippen MR) is 95.1 cm³/mol. The Morgan fingerprint density at radius 3 is 2.72 bits per heavy atom. The lowest BCUT2D eigenvalue weighted by atomic mass is 9.58. The number of benzene rings is 1. The second-order valence-corrected chi connectivity index (χ2v) is 7.66. The van der Waals surface area contributed by atoms with Crippen molar-refractivity contribution < 1.29 is 14.6 Å². The number of hydrogen-bond donors (Lipinski definition) is 2. The van der Waals surface area contributed by atoms with Gasteiger partial charge in [-0.3, -0.25) is 4.79 Å². The van der Waals surface area contributed by atoms with E-state index in [1.165, 1.54) is 11.1 Å². The molecule has 25 heavy (non-hydrogen) atoms. The molecule has 5 heteroatoms. The minimum atomic E-state index is -0.277. The SMILES string of the molecule is CCOC1CC(O)C12CCN(C(=O)C1Cc3ccccc3CN1)CC2. The minimum absolute atomic E-state index is 0.126. The molecular weight excluding hydrogens is 316 g/mol. The number of nitrogens with one attached hydrogen (secondary N) is 1. The normalized spacial score (nSPS) is 30.6. The zero-order chi connectivity index (χ0) is 17.4. The Hall–Kier alpha value is -1.43. The predicted octanol–water partition coefficient (Wildman–Crippen LogP) is 1.48. The molecule has 3 unspecified atom stereocenters. The zero-order valence-corrected chi connectivity index (χ0v) is 14.9. The molecule has 2 heterocycles. The molecule has 3 atom stereocenters. The number of amides is 1. The fourth-order valence-corrected chi connectivity index (χ4v) is 4.81. The maximum Gasteiger partial charge on any atom is 0.240 e. The van der Waals surface area contributed by atoms with Gasteiger partial charge in [-0.25, -0.2) is 0 Å². The van der Waals surface area contributed by atoms with Crippen molar-refractivity contribution in [3.8, 4) is 0 Å². The third-order valence-corrected chi connectivity index (χ3v) is 6.50. The van der Waals surface area contributed by atoms with Gasteiger partial charge in [-0.2, -0.15) is 0 Å². The van der Waals surface area contributed by atoms with Crippen LogP contribution in [0.2, 0.25) is 0 Å². The lowest BCUT2D eigenvalue weighted by Crippen LogP contribution is -2.63. The van der Waals surface area contributed by atoms with Crippen LogP contribution in [0.4, 0.5) is 0 Å². The van der Waals surface area contributed by atoms with E-state index in [-0.39, 0.29) is 29.6 Å². The van der Waals surface area contributed by atoms with Crippen molar-refractivity contribution in [2.75, 3.05) is 19.7 Å². The number of likely N-dealkylation sites (tertiary alicyclic amines) is 1. The van der Waals surface area contributed by atoms with Gasteiger partial charge in [0.05, 0.1) is 18.2 Å². The summed E-state index contributed by atoms with van der Waals surface area (Å²) in [5, 5.41) is 13.7. The molecule has 4 rings (SSSR count). The maximum atomic E-state index is 12.9. The molecule has 1 amide bonds. The number of nitrogens with zero attached hydrogens (tertiary/aromatic N) is 1. The molecule has 1 aromatic carbocycles. The Labute approximate surface area is 149 Å². The minimum Gasteiger partial charge on any atom is -0.392 e. The molecule has 3 aliphatic rings. The van der Waals surface area contributed by atoms with Gasteiger partial charge < -0.3 is 20.1 Å². The average Bonchev–Trinajstić information content (AvgIpc) is 2.67. The Bertz CT molecular complexity index is 638. The van der Waals surface area contributed by atoms with E-state index in [0.717, 1.165) is 45.3 Å². The summed E-state index contributed by atoms with van der Waals surface area (Å²) in [6.07, 6.45) is 3.07. The molecule has 1 aromatic rings. The molecule has 1 aliphatic carbocycles. The molecule has 136 valence electrons.